The summed E-state index contributed by atoms with van der Waals surface area (Å²) in [4.78, 5) is 21.1. The van der Waals surface area contributed by atoms with Gasteiger partial charge in [0.15, 0.2) is 0 Å². The average Bonchev–Trinajstić information content (AvgIpc) is 2.01. The molecule has 1 N–H and O–H groups in total. The normalized spacial score (nSPS) is 8.45. The molecular formula is C7H11NO3. The maximum Gasteiger partial charge on any atom is 0.325 e. The van der Waals surface area contributed by atoms with E-state index in [0.29, 0.717) is 0 Å². The standard InChI is InChI=1S/C7H11NO3/c1-3-4-6(9)8-5-7(10)11-2/h3H,1,4-5H2,2H3,(H,8,9). The summed E-state index contributed by atoms with van der Waals surface area (Å²) < 4.78 is 4.30. The van der Waals surface area contributed by atoms with Crippen molar-refractivity contribution in [2.24, 2.45) is 0 Å². The van der Waals surface area contributed by atoms with Gasteiger partial charge in [0.05, 0.1) is 7.11 Å². The minimum atomic E-state index is -0.456. The molecule has 0 rings (SSSR count). The van der Waals surface area contributed by atoms with Crippen LogP contribution in [0.25, 0.3) is 0 Å². The molecule has 4 heteroatoms. The molecule has 0 aromatic carbocycles. The third-order valence-corrected chi connectivity index (χ3v) is 0.987. The second-order valence-corrected chi connectivity index (χ2v) is 1.85. The minimum absolute atomic E-state index is 0.0802. The molecule has 0 heterocycles. The van der Waals surface area contributed by atoms with Crippen molar-refractivity contribution < 1.29 is 14.3 Å². The first kappa shape index (κ1) is 9.68. The molecule has 0 aliphatic rings. The van der Waals surface area contributed by atoms with Crippen LogP contribution in [-0.2, 0) is 14.3 Å². The lowest BCUT2D eigenvalue weighted by Crippen LogP contribution is -2.29. The molecule has 0 fully saturated rings. The molecule has 0 aromatic rings. The summed E-state index contributed by atoms with van der Waals surface area (Å²) in [6.07, 6.45) is 1.68. The van der Waals surface area contributed by atoms with E-state index in [1.807, 2.05) is 0 Å². The van der Waals surface area contributed by atoms with Crippen molar-refractivity contribution >= 4 is 11.9 Å². The van der Waals surface area contributed by atoms with Crippen LogP contribution in [-0.4, -0.2) is 25.5 Å². The summed E-state index contributed by atoms with van der Waals surface area (Å²) in [5.74, 6) is -0.687. The quantitative estimate of drug-likeness (QED) is 0.456. The lowest BCUT2D eigenvalue weighted by molar-refractivity contribution is -0.141. The van der Waals surface area contributed by atoms with Crippen LogP contribution >= 0.6 is 0 Å². The van der Waals surface area contributed by atoms with Crippen molar-refractivity contribution in [3.05, 3.63) is 12.7 Å². The summed E-state index contributed by atoms with van der Waals surface area (Å²) in [6, 6.07) is 0. The Morgan fingerprint density at radius 2 is 2.27 bits per heavy atom. The Bertz CT molecular complexity index is 165. The number of carbonyl (C=O) groups excluding carboxylic acids is 2. The Balaban J connectivity index is 3.45. The van der Waals surface area contributed by atoms with Crippen LogP contribution in [0.4, 0.5) is 0 Å². The van der Waals surface area contributed by atoms with E-state index in [-0.39, 0.29) is 18.9 Å². The number of rotatable bonds is 4. The van der Waals surface area contributed by atoms with E-state index in [1.165, 1.54) is 13.2 Å². The zero-order chi connectivity index (χ0) is 8.69. The first-order valence-corrected chi connectivity index (χ1v) is 3.15. The lowest BCUT2D eigenvalue weighted by Gasteiger charge is -2.00. The molecule has 0 saturated heterocycles. The van der Waals surface area contributed by atoms with Gasteiger partial charge in [-0.3, -0.25) is 9.59 Å². The molecule has 11 heavy (non-hydrogen) atoms. The topological polar surface area (TPSA) is 55.4 Å². The summed E-state index contributed by atoms with van der Waals surface area (Å²) in [5, 5.41) is 2.35. The third-order valence-electron chi connectivity index (χ3n) is 0.987. The Labute approximate surface area is 65.2 Å². The number of esters is 1. The minimum Gasteiger partial charge on any atom is -0.468 e. The summed E-state index contributed by atoms with van der Waals surface area (Å²) >= 11 is 0. The van der Waals surface area contributed by atoms with Crippen molar-refractivity contribution in [3.63, 3.8) is 0 Å². The Morgan fingerprint density at radius 1 is 1.64 bits per heavy atom. The number of nitrogens with one attached hydrogen (secondary N) is 1. The van der Waals surface area contributed by atoms with Crippen LogP contribution in [0.2, 0.25) is 0 Å². The highest BCUT2D eigenvalue weighted by Crippen LogP contribution is 1.79. The zero-order valence-electron chi connectivity index (χ0n) is 6.42. The molecule has 0 unspecified atom stereocenters. The second kappa shape index (κ2) is 5.46. The van der Waals surface area contributed by atoms with Gasteiger partial charge in [-0.15, -0.1) is 6.58 Å². The second-order valence-electron chi connectivity index (χ2n) is 1.85. The van der Waals surface area contributed by atoms with Crippen molar-refractivity contribution in [1.82, 2.24) is 5.32 Å². The van der Waals surface area contributed by atoms with Gasteiger partial charge in [0.1, 0.15) is 6.54 Å². The van der Waals surface area contributed by atoms with Crippen LogP contribution in [0.5, 0.6) is 0 Å². The SMILES string of the molecule is C=CCC(=O)NCC(=O)OC. The number of hydrogen-bond donors (Lipinski definition) is 1. The number of methoxy groups -OCH3 is 1. The molecule has 0 bridgehead atoms. The largest absolute Gasteiger partial charge is 0.468 e. The number of hydrogen-bond acceptors (Lipinski definition) is 3. The third kappa shape index (κ3) is 5.14. The van der Waals surface area contributed by atoms with Crippen molar-refractivity contribution in [3.8, 4) is 0 Å². The molecule has 0 saturated carbocycles. The maximum atomic E-state index is 10.7. The van der Waals surface area contributed by atoms with Crippen molar-refractivity contribution in [2.45, 2.75) is 6.42 Å². The van der Waals surface area contributed by atoms with Gasteiger partial charge >= 0.3 is 5.97 Å². The number of carbonyl (C=O) groups is 2. The first-order chi connectivity index (χ1) is 5.20. The highest BCUT2D eigenvalue weighted by atomic mass is 16.5. The highest BCUT2D eigenvalue weighted by molar-refractivity contribution is 5.82. The van der Waals surface area contributed by atoms with Crippen LogP contribution in [0.3, 0.4) is 0 Å². The fourth-order valence-corrected chi connectivity index (χ4v) is 0.446. The van der Waals surface area contributed by atoms with Crippen molar-refractivity contribution in [2.75, 3.05) is 13.7 Å². The molecule has 4 nitrogen and oxygen atoms in total. The Morgan fingerprint density at radius 3 is 2.73 bits per heavy atom. The maximum absolute atomic E-state index is 10.7. The van der Waals surface area contributed by atoms with Crippen LogP contribution in [0.15, 0.2) is 12.7 Å². The fourth-order valence-electron chi connectivity index (χ4n) is 0.446. The van der Waals surface area contributed by atoms with Crippen LogP contribution < -0.4 is 5.32 Å². The Hall–Kier alpha value is -1.32. The molecule has 1 amide bonds. The van der Waals surface area contributed by atoms with Gasteiger partial charge in [0.25, 0.3) is 0 Å². The van der Waals surface area contributed by atoms with E-state index < -0.39 is 5.97 Å². The van der Waals surface area contributed by atoms with Gasteiger partial charge in [-0.25, -0.2) is 0 Å². The molecular weight excluding hydrogens is 146 g/mol. The number of ether oxygens (including phenoxy) is 1. The fraction of sp³-hybridized carbons (Fsp3) is 0.429. The lowest BCUT2D eigenvalue weighted by atomic mass is 10.4. The van der Waals surface area contributed by atoms with Gasteiger partial charge in [-0.05, 0) is 0 Å². The van der Waals surface area contributed by atoms with E-state index >= 15 is 0 Å². The number of amides is 1. The predicted molar refractivity (Wildman–Crippen MR) is 39.8 cm³/mol. The van der Waals surface area contributed by atoms with Crippen LogP contribution in [0.1, 0.15) is 6.42 Å². The van der Waals surface area contributed by atoms with Gasteiger partial charge in [-0.1, -0.05) is 6.08 Å². The van der Waals surface area contributed by atoms with Gasteiger partial charge < -0.3 is 10.1 Å². The average molecular weight is 157 g/mol. The molecule has 0 atom stereocenters. The molecule has 0 aliphatic heterocycles. The van der Waals surface area contributed by atoms with Gasteiger partial charge in [0.2, 0.25) is 5.91 Å². The zero-order valence-corrected chi connectivity index (χ0v) is 6.42. The van der Waals surface area contributed by atoms with E-state index in [1.54, 1.807) is 0 Å². The van der Waals surface area contributed by atoms with Gasteiger partial charge in [0, 0.05) is 6.42 Å². The predicted octanol–water partition coefficient (Wildman–Crippen LogP) is -0.148. The molecule has 0 spiro atoms. The smallest absolute Gasteiger partial charge is 0.325 e. The van der Waals surface area contributed by atoms with E-state index in [4.69, 9.17) is 0 Å². The van der Waals surface area contributed by atoms with E-state index in [0.717, 1.165) is 0 Å². The monoisotopic (exact) mass is 157 g/mol. The van der Waals surface area contributed by atoms with Crippen molar-refractivity contribution in [1.29, 1.82) is 0 Å². The van der Waals surface area contributed by atoms with E-state index in [2.05, 4.69) is 16.6 Å². The highest BCUT2D eigenvalue weighted by Gasteiger charge is 2.01. The Kier molecular flexibility index (Phi) is 4.81. The molecule has 0 aliphatic carbocycles. The first-order valence-electron chi connectivity index (χ1n) is 3.15. The summed E-state index contributed by atoms with van der Waals surface area (Å²) in [6.45, 7) is 3.29. The molecule has 0 radical (unpaired) electrons. The van der Waals surface area contributed by atoms with Crippen LogP contribution in [0, 0.1) is 0 Å². The summed E-state index contributed by atoms with van der Waals surface area (Å²) in [5.41, 5.74) is 0. The molecule has 0 aromatic heterocycles. The van der Waals surface area contributed by atoms with E-state index in [9.17, 15) is 9.59 Å². The summed E-state index contributed by atoms with van der Waals surface area (Å²) in [7, 11) is 1.27. The molecule has 62 valence electrons. The van der Waals surface area contributed by atoms with Gasteiger partial charge in [-0.2, -0.15) is 0 Å².